The second-order valence-electron chi connectivity index (χ2n) is 5.09. The second-order valence-corrected chi connectivity index (χ2v) is 5.09. The van der Waals surface area contributed by atoms with Crippen molar-refractivity contribution in [1.82, 2.24) is 0 Å². The van der Waals surface area contributed by atoms with E-state index in [1.54, 1.807) is 0 Å². The molecule has 0 saturated carbocycles. The summed E-state index contributed by atoms with van der Waals surface area (Å²) in [5.41, 5.74) is -0.145. The van der Waals surface area contributed by atoms with Gasteiger partial charge in [-0.25, -0.2) is 8.78 Å². The standard InChI is InChI=1S/C17H13F2N3O4/c18-12-2-5-14(6-3-12)21(9-1-8-20)17(23)11-26-16-10-13(19)4-7-15(16)22(24)25/h2-7,10H,1,9,11H2. The molecule has 0 saturated heterocycles. The number of carbonyl (C=O) groups is 1. The summed E-state index contributed by atoms with van der Waals surface area (Å²) < 4.78 is 31.5. The molecule has 7 nitrogen and oxygen atoms in total. The van der Waals surface area contributed by atoms with Gasteiger partial charge in [-0.3, -0.25) is 14.9 Å². The summed E-state index contributed by atoms with van der Waals surface area (Å²) in [6.45, 7) is -0.595. The molecule has 0 aromatic heterocycles. The third kappa shape index (κ3) is 4.73. The summed E-state index contributed by atoms with van der Waals surface area (Å²) in [5, 5.41) is 19.7. The number of rotatable bonds is 7. The number of nitrogens with zero attached hydrogens (tertiary/aromatic N) is 3. The lowest BCUT2D eigenvalue weighted by molar-refractivity contribution is -0.385. The van der Waals surface area contributed by atoms with Crippen LogP contribution in [0.3, 0.4) is 0 Å². The highest BCUT2D eigenvalue weighted by Crippen LogP contribution is 2.27. The molecule has 0 unspecified atom stereocenters. The van der Waals surface area contributed by atoms with Gasteiger partial charge in [0.2, 0.25) is 5.75 Å². The van der Waals surface area contributed by atoms with Gasteiger partial charge < -0.3 is 9.64 Å². The van der Waals surface area contributed by atoms with Crippen LogP contribution in [0.15, 0.2) is 42.5 Å². The number of carbonyl (C=O) groups excluding carboxylic acids is 1. The topological polar surface area (TPSA) is 96.5 Å². The Kier molecular flexibility index (Phi) is 6.16. The summed E-state index contributed by atoms with van der Waals surface area (Å²) >= 11 is 0. The fraction of sp³-hybridized carbons (Fsp3) is 0.176. The maximum Gasteiger partial charge on any atom is 0.311 e. The summed E-state index contributed by atoms with van der Waals surface area (Å²) in [5.74, 6) is -2.25. The molecule has 2 aromatic carbocycles. The number of ether oxygens (including phenoxy) is 1. The fourth-order valence-electron chi connectivity index (χ4n) is 2.15. The first-order chi connectivity index (χ1) is 12.4. The number of benzene rings is 2. The quantitative estimate of drug-likeness (QED) is 0.557. The minimum Gasteiger partial charge on any atom is -0.477 e. The Morgan fingerprint density at radius 3 is 2.46 bits per heavy atom. The van der Waals surface area contributed by atoms with Gasteiger partial charge in [0.25, 0.3) is 5.91 Å². The fourth-order valence-corrected chi connectivity index (χ4v) is 2.15. The molecular formula is C17H13F2N3O4. The molecule has 0 fully saturated rings. The first-order valence-corrected chi connectivity index (χ1v) is 7.42. The van der Waals surface area contributed by atoms with Gasteiger partial charge in [-0.05, 0) is 30.3 Å². The van der Waals surface area contributed by atoms with Crippen LogP contribution in [0.1, 0.15) is 6.42 Å². The van der Waals surface area contributed by atoms with E-state index in [0.29, 0.717) is 5.69 Å². The van der Waals surface area contributed by atoms with E-state index in [9.17, 15) is 23.7 Å². The molecule has 0 aliphatic heterocycles. The minimum absolute atomic E-state index is 0.0171. The first-order valence-electron chi connectivity index (χ1n) is 7.42. The van der Waals surface area contributed by atoms with Crippen LogP contribution in [0, 0.1) is 33.1 Å². The van der Waals surface area contributed by atoms with Gasteiger partial charge >= 0.3 is 5.69 Å². The highest BCUT2D eigenvalue weighted by Gasteiger charge is 2.20. The highest BCUT2D eigenvalue weighted by molar-refractivity contribution is 5.94. The molecule has 0 aliphatic rings. The van der Waals surface area contributed by atoms with Crippen LogP contribution in [0.5, 0.6) is 5.75 Å². The first kappa shape index (κ1) is 18.8. The Morgan fingerprint density at radius 2 is 1.85 bits per heavy atom. The van der Waals surface area contributed by atoms with Crippen molar-refractivity contribution >= 4 is 17.3 Å². The van der Waals surface area contributed by atoms with Crippen molar-refractivity contribution in [2.24, 2.45) is 0 Å². The summed E-state index contributed by atoms with van der Waals surface area (Å²) in [4.78, 5) is 23.8. The van der Waals surface area contributed by atoms with Gasteiger partial charge in [-0.2, -0.15) is 5.26 Å². The van der Waals surface area contributed by atoms with E-state index >= 15 is 0 Å². The predicted octanol–water partition coefficient (Wildman–Crippen LogP) is 3.20. The molecule has 0 spiro atoms. The number of nitro groups is 1. The van der Waals surface area contributed by atoms with Crippen LogP contribution in [0.25, 0.3) is 0 Å². The Balaban J connectivity index is 2.17. The Bertz CT molecular complexity index is 850. The van der Waals surface area contributed by atoms with Crippen LogP contribution in [-0.2, 0) is 4.79 Å². The van der Waals surface area contributed by atoms with E-state index in [-0.39, 0.29) is 18.7 Å². The summed E-state index contributed by atoms with van der Waals surface area (Å²) in [7, 11) is 0. The molecule has 0 aliphatic carbocycles. The number of anilines is 1. The van der Waals surface area contributed by atoms with Crippen LogP contribution in [0.2, 0.25) is 0 Å². The monoisotopic (exact) mass is 361 g/mol. The normalized spacial score (nSPS) is 10.0. The van der Waals surface area contributed by atoms with Crippen molar-refractivity contribution in [3.8, 4) is 11.8 Å². The molecule has 2 rings (SSSR count). The van der Waals surface area contributed by atoms with E-state index < -0.39 is 34.8 Å². The molecule has 0 N–H and O–H groups in total. The molecule has 134 valence electrons. The zero-order valence-corrected chi connectivity index (χ0v) is 13.4. The second kappa shape index (κ2) is 8.53. The predicted molar refractivity (Wildman–Crippen MR) is 87.5 cm³/mol. The van der Waals surface area contributed by atoms with Gasteiger partial charge in [-0.15, -0.1) is 0 Å². The van der Waals surface area contributed by atoms with Crippen molar-refractivity contribution in [3.63, 3.8) is 0 Å². The molecule has 1 amide bonds. The molecule has 0 heterocycles. The molecule has 2 aromatic rings. The summed E-state index contributed by atoms with van der Waals surface area (Å²) in [6, 6.07) is 9.56. The maximum atomic E-state index is 13.3. The average Bonchev–Trinajstić information content (AvgIpc) is 2.61. The Morgan fingerprint density at radius 1 is 1.19 bits per heavy atom. The van der Waals surface area contributed by atoms with E-state index in [4.69, 9.17) is 10.00 Å². The van der Waals surface area contributed by atoms with Gasteiger partial charge in [0.05, 0.1) is 17.4 Å². The lowest BCUT2D eigenvalue weighted by Crippen LogP contribution is -2.35. The number of hydrogen-bond acceptors (Lipinski definition) is 5. The lowest BCUT2D eigenvalue weighted by atomic mass is 10.2. The van der Waals surface area contributed by atoms with Crippen molar-refractivity contribution in [1.29, 1.82) is 5.26 Å². The number of hydrogen-bond donors (Lipinski definition) is 0. The van der Waals surface area contributed by atoms with Crippen LogP contribution in [-0.4, -0.2) is 24.0 Å². The number of nitro benzene ring substituents is 1. The largest absolute Gasteiger partial charge is 0.477 e. The van der Waals surface area contributed by atoms with Crippen LogP contribution >= 0.6 is 0 Å². The molecule has 9 heteroatoms. The minimum atomic E-state index is -0.757. The zero-order valence-electron chi connectivity index (χ0n) is 13.4. The molecule has 0 atom stereocenters. The maximum absolute atomic E-state index is 13.3. The van der Waals surface area contributed by atoms with Crippen molar-refractivity contribution in [2.45, 2.75) is 6.42 Å². The van der Waals surface area contributed by atoms with E-state index in [0.717, 1.165) is 30.3 Å². The lowest BCUT2D eigenvalue weighted by Gasteiger charge is -2.21. The van der Waals surface area contributed by atoms with Gasteiger partial charge in [0.15, 0.2) is 6.61 Å². The average molecular weight is 361 g/mol. The van der Waals surface area contributed by atoms with Gasteiger partial charge in [-0.1, -0.05) is 0 Å². The van der Waals surface area contributed by atoms with Gasteiger partial charge in [0, 0.05) is 24.4 Å². The molecule has 0 bridgehead atoms. The highest BCUT2D eigenvalue weighted by atomic mass is 19.1. The molecular weight excluding hydrogens is 348 g/mol. The third-order valence-corrected chi connectivity index (χ3v) is 3.36. The van der Waals surface area contributed by atoms with Crippen LogP contribution in [0.4, 0.5) is 20.2 Å². The van der Waals surface area contributed by atoms with E-state index in [1.807, 2.05) is 6.07 Å². The smallest absolute Gasteiger partial charge is 0.311 e. The Hall–Kier alpha value is -3.54. The molecule has 0 radical (unpaired) electrons. The zero-order chi connectivity index (χ0) is 19.1. The van der Waals surface area contributed by atoms with Crippen LogP contribution < -0.4 is 9.64 Å². The van der Waals surface area contributed by atoms with E-state index in [1.165, 1.54) is 17.0 Å². The SMILES string of the molecule is N#CCCN(C(=O)COc1cc(F)ccc1[N+](=O)[O-])c1ccc(F)cc1. The summed E-state index contributed by atoms with van der Waals surface area (Å²) in [6.07, 6.45) is 0.0171. The van der Waals surface area contributed by atoms with E-state index in [2.05, 4.69) is 0 Å². The molecule has 26 heavy (non-hydrogen) atoms. The third-order valence-electron chi connectivity index (χ3n) is 3.36. The van der Waals surface area contributed by atoms with Crippen molar-refractivity contribution in [3.05, 3.63) is 64.2 Å². The number of amides is 1. The van der Waals surface area contributed by atoms with Crippen molar-refractivity contribution < 1.29 is 23.2 Å². The number of nitriles is 1. The van der Waals surface area contributed by atoms with Crippen molar-refractivity contribution in [2.75, 3.05) is 18.1 Å². The van der Waals surface area contributed by atoms with Gasteiger partial charge in [0.1, 0.15) is 11.6 Å². The number of halogens is 2. The Labute approximate surface area is 147 Å².